The lowest BCUT2D eigenvalue weighted by molar-refractivity contribution is -0.383. The van der Waals surface area contributed by atoms with Gasteiger partial charge in [0.25, 0.3) is 11.6 Å². The Hall–Kier alpha value is -1.96. The summed E-state index contributed by atoms with van der Waals surface area (Å²) >= 11 is 0. The van der Waals surface area contributed by atoms with Crippen LogP contribution in [0.3, 0.4) is 0 Å². The zero-order valence-electron chi connectivity index (χ0n) is 10.6. The van der Waals surface area contributed by atoms with Crippen molar-refractivity contribution in [3.8, 4) is 0 Å². The maximum atomic E-state index is 11.9. The fraction of sp³-hybridized carbons (Fsp3) is 0.364. The van der Waals surface area contributed by atoms with Crippen LogP contribution in [0.15, 0.2) is 18.2 Å². The van der Waals surface area contributed by atoms with Crippen LogP contribution in [0.4, 0.5) is 11.4 Å². The molecule has 1 aromatic carbocycles. The highest BCUT2D eigenvalue weighted by Crippen LogP contribution is 2.24. The molecule has 1 aromatic rings. The van der Waals surface area contributed by atoms with Gasteiger partial charge in [-0.3, -0.25) is 19.1 Å². The Morgan fingerprint density at radius 2 is 2.21 bits per heavy atom. The molecule has 0 saturated heterocycles. The van der Waals surface area contributed by atoms with Crippen molar-refractivity contribution < 1.29 is 13.9 Å². The number of nitrogens with zero attached hydrogens (tertiary/aromatic N) is 1. The molecule has 0 radical (unpaired) electrons. The molecule has 0 heterocycles. The monoisotopic (exact) mass is 285 g/mol. The van der Waals surface area contributed by atoms with Crippen molar-refractivity contribution in [2.75, 3.05) is 17.7 Å². The number of benzene rings is 1. The predicted octanol–water partition coefficient (Wildman–Crippen LogP) is 0.674. The van der Waals surface area contributed by atoms with Gasteiger partial charge in [-0.2, -0.15) is 0 Å². The van der Waals surface area contributed by atoms with Gasteiger partial charge in [-0.05, 0) is 13.0 Å². The summed E-state index contributed by atoms with van der Waals surface area (Å²) in [6.45, 7) is 1.70. The van der Waals surface area contributed by atoms with E-state index in [1.54, 1.807) is 6.92 Å². The maximum Gasteiger partial charge on any atom is 0.292 e. The molecule has 8 heteroatoms. The lowest BCUT2D eigenvalue weighted by atomic mass is 10.1. The lowest BCUT2D eigenvalue weighted by Gasteiger charge is -2.13. The van der Waals surface area contributed by atoms with Crippen molar-refractivity contribution in [1.29, 1.82) is 0 Å². The minimum Gasteiger partial charge on any atom is -0.393 e. The number of hydrogen-bond donors (Lipinski definition) is 2. The number of carbonyl (C=O) groups is 1. The van der Waals surface area contributed by atoms with Gasteiger partial charge in [-0.1, -0.05) is 6.07 Å². The number of nitrogen functional groups attached to an aromatic ring is 1. The summed E-state index contributed by atoms with van der Waals surface area (Å²) in [4.78, 5) is 22.0. The molecular weight excluding hydrogens is 270 g/mol. The molecule has 0 saturated carbocycles. The van der Waals surface area contributed by atoms with Gasteiger partial charge in [0.05, 0.1) is 10.5 Å². The van der Waals surface area contributed by atoms with Crippen molar-refractivity contribution >= 4 is 28.1 Å². The van der Waals surface area contributed by atoms with E-state index in [9.17, 15) is 19.1 Å². The van der Waals surface area contributed by atoms with E-state index in [2.05, 4.69) is 5.32 Å². The first-order valence-electron chi connectivity index (χ1n) is 5.46. The highest BCUT2D eigenvalue weighted by Gasteiger charge is 2.20. The SMILES string of the molecule is CC(CS(C)=O)NC(=O)c1cccc([N+](=O)[O-])c1N. The van der Waals surface area contributed by atoms with Gasteiger partial charge in [0.2, 0.25) is 0 Å². The van der Waals surface area contributed by atoms with Crippen molar-refractivity contribution in [1.82, 2.24) is 5.32 Å². The van der Waals surface area contributed by atoms with E-state index in [4.69, 9.17) is 5.73 Å². The van der Waals surface area contributed by atoms with Crippen molar-refractivity contribution in [2.24, 2.45) is 0 Å². The first kappa shape index (κ1) is 15.1. The lowest BCUT2D eigenvalue weighted by Crippen LogP contribution is -2.36. The largest absolute Gasteiger partial charge is 0.393 e. The number of carbonyl (C=O) groups excluding carboxylic acids is 1. The first-order valence-corrected chi connectivity index (χ1v) is 7.19. The van der Waals surface area contributed by atoms with E-state index in [1.807, 2.05) is 0 Å². The fourth-order valence-corrected chi connectivity index (χ4v) is 2.39. The number of anilines is 1. The Morgan fingerprint density at radius 1 is 1.58 bits per heavy atom. The molecule has 0 aliphatic heterocycles. The van der Waals surface area contributed by atoms with Crippen LogP contribution in [0.5, 0.6) is 0 Å². The maximum absolute atomic E-state index is 11.9. The summed E-state index contributed by atoms with van der Waals surface area (Å²) < 4.78 is 11.0. The Balaban J connectivity index is 2.92. The average molecular weight is 285 g/mol. The minimum atomic E-state index is -1.04. The van der Waals surface area contributed by atoms with E-state index < -0.39 is 21.6 Å². The third-order valence-corrected chi connectivity index (χ3v) is 3.36. The Morgan fingerprint density at radius 3 is 2.74 bits per heavy atom. The second-order valence-corrected chi connectivity index (χ2v) is 5.59. The van der Waals surface area contributed by atoms with Crippen molar-refractivity contribution in [3.63, 3.8) is 0 Å². The number of para-hydroxylation sites is 1. The van der Waals surface area contributed by atoms with E-state index >= 15 is 0 Å². The third kappa shape index (κ3) is 4.02. The summed E-state index contributed by atoms with van der Waals surface area (Å²) in [7, 11) is -1.04. The first-order chi connectivity index (χ1) is 8.82. The number of nitro groups is 1. The number of amides is 1. The highest BCUT2D eigenvalue weighted by atomic mass is 32.2. The van der Waals surface area contributed by atoms with E-state index in [0.717, 1.165) is 0 Å². The number of hydrogen-bond acceptors (Lipinski definition) is 5. The standard InChI is InChI=1S/C11H15N3O4S/c1-7(6-19(2)18)13-11(15)8-4-3-5-9(10(8)12)14(16)17/h3-5,7H,6,12H2,1-2H3,(H,13,15). The van der Waals surface area contributed by atoms with E-state index in [1.165, 1.54) is 24.5 Å². The van der Waals surface area contributed by atoms with Crippen molar-refractivity contribution in [2.45, 2.75) is 13.0 Å². The molecule has 2 unspecified atom stereocenters. The van der Waals surface area contributed by atoms with Crippen LogP contribution >= 0.6 is 0 Å². The molecule has 2 atom stereocenters. The van der Waals surface area contributed by atoms with Crippen LogP contribution in [-0.4, -0.2) is 33.1 Å². The number of nitro benzene ring substituents is 1. The molecule has 1 amide bonds. The highest BCUT2D eigenvalue weighted by molar-refractivity contribution is 7.84. The summed E-state index contributed by atoms with van der Waals surface area (Å²) in [6, 6.07) is 3.73. The molecule has 0 bridgehead atoms. The molecule has 1 rings (SSSR count). The Bertz CT molecular complexity index is 533. The quantitative estimate of drug-likeness (QED) is 0.469. The fourth-order valence-electron chi connectivity index (χ4n) is 1.61. The average Bonchev–Trinajstić information content (AvgIpc) is 2.27. The number of nitrogens with one attached hydrogen (secondary N) is 1. The van der Waals surface area contributed by atoms with Crippen LogP contribution in [0, 0.1) is 10.1 Å². The van der Waals surface area contributed by atoms with Crippen LogP contribution < -0.4 is 11.1 Å². The zero-order valence-corrected chi connectivity index (χ0v) is 11.4. The second-order valence-electron chi connectivity index (χ2n) is 4.11. The predicted molar refractivity (Wildman–Crippen MR) is 73.4 cm³/mol. The van der Waals surface area contributed by atoms with Crippen LogP contribution in [0.1, 0.15) is 17.3 Å². The van der Waals surface area contributed by atoms with Gasteiger partial charge in [-0.15, -0.1) is 0 Å². The Kier molecular flexibility index (Phi) is 4.99. The second kappa shape index (κ2) is 6.28. The number of rotatable bonds is 5. The van der Waals surface area contributed by atoms with Gasteiger partial charge in [-0.25, -0.2) is 0 Å². The topological polar surface area (TPSA) is 115 Å². The number of nitrogens with two attached hydrogens (primary N) is 1. The molecule has 19 heavy (non-hydrogen) atoms. The van der Waals surface area contributed by atoms with E-state index in [-0.39, 0.29) is 23.0 Å². The van der Waals surface area contributed by atoms with Gasteiger partial charge < -0.3 is 11.1 Å². The molecule has 0 aliphatic carbocycles. The molecule has 3 N–H and O–H groups in total. The van der Waals surface area contributed by atoms with Gasteiger partial charge in [0.1, 0.15) is 5.69 Å². The summed E-state index contributed by atoms with van der Waals surface area (Å²) in [6.07, 6.45) is 1.53. The van der Waals surface area contributed by atoms with Gasteiger partial charge in [0.15, 0.2) is 0 Å². The third-order valence-electron chi connectivity index (χ3n) is 2.39. The molecule has 0 aliphatic rings. The molecule has 0 aromatic heterocycles. The van der Waals surface area contributed by atoms with Gasteiger partial charge >= 0.3 is 0 Å². The van der Waals surface area contributed by atoms with Crippen molar-refractivity contribution in [3.05, 3.63) is 33.9 Å². The molecule has 104 valence electrons. The van der Waals surface area contributed by atoms with E-state index in [0.29, 0.717) is 5.75 Å². The summed E-state index contributed by atoms with van der Waals surface area (Å²) in [5.41, 5.74) is 5.17. The van der Waals surface area contributed by atoms with Crippen LogP contribution in [0.2, 0.25) is 0 Å². The Labute approximate surface area is 112 Å². The molecule has 7 nitrogen and oxygen atoms in total. The summed E-state index contributed by atoms with van der Waals surface area (Å²) in [5.74, 6) is -0.209. The van der Waals surface area contributed by atoms with Crippen LogP contribution in [-0.2, 0) is 10.8 Å². The minimum absolute atomic E-state index is 0.0444. The van der Waals surface area contributed by atoms with Gasteiger partial charge in [0, 0.05) is 34.9 Å². The molecule has 0 spiro atoms. The zero-order chi connectivity index (χ0) is 14.6. The molecule has 0 fully saturated rings. The normalized spacial score (nSPS) is 13.6. The van der Waals surface area contributed by atoms with Crippen LogP contribution in [0.25, 0.3) is 0 Å². The molecular formula is C11H15N3O4S. The summed E-state index contributed by atoms with van der Waals surface area (Å²) in [5, 5.41) is 13.3. The smallest absolute Gasteiger partial charge is 0.292 e.